The second kappa shape index (κ2) is 9.52. The van der Waals surface area contributed by atoms with Gasteiger partial charge in [0.15, 0.2) is 0 Å². The number of imidazole rings is 1. The zero-order valence-electron chi connectivity index (χ0n) is 16.4. The van der Waals surface area contributed by atoms with E-state index in [4.69, 9.17) is 9.47 Å². The highest BCUT2D eigenvalue weighted by Gasteiger charge is 2.20. The third-order valence-electron chi connectivity index (χ3n) is 4.68. The minimum atomic E-state index is -0.413. The van der Waals surface area contributed by atoms with E-state index >= 15 is 0 Å². The van der Waals surface area contributed by atoms with Gasteiger partial charge in [-0.15, -0.1) is 0 Å². The van der Waals surface area contributed by atoms with Gasteiger partial charge in [0.05, 0.1) is 37.8 Å². The summed E-state index contributed by atoms with van der Waals surface area (Å²) in [4.78, 5) is 35.6. The maximum Gasteiger partial charge on any atom is 0.325 e. The van der Waals surface area contributed by atoms with Crippen LogP contribution in [0.25, 0.3) is 11.0 Å². The number of aromatic nitrogens is 2. The quantitative estimate of drug-likeness (QED) is 0.629. The van der Waals surface area contributed by atoms with Crippen molar-refractivity contribution < 1.29 is 19.1 Å². The molecule has 0 aliphatic carbocycles. The molecule has 0 saturated carbocycles. The third-order valence-corrected chi connectivity index (χ3v) is 4.68. The van der Waals surface area contributed by atoms with E-state index in [1.807, 2.05) is 18.2 Å². The molecule has 1 aromatic heterocycles. The average molecular weight is 389 g/mol. The van der Waals surface area contributed by atoms with Gasteiger partial charge in [-0.25, -0.2) is 4.98 Å². The number of hydrogen-bond donors (Lipinski definition) is 2. The third kappa shape index (κ3) is 5.43. The molecule has 28 heavy (non-hydrogen) atoms. The Bertz CT molecular complexity index is 814. The molecule has 2 heterocycles. The minimum Gasteiger partial charge on any atom is -0.497 e. The van der Waals surface area contributed by atoms with Crippen LogP contribution in [0.3, 0.4) is 0 Å². The maximum absolute atomic E-state index is 11.9. The van der Waals surface area contributed by atoms with Crippen molar-refractivity contribution in [2.24, 2.45) is 0 Å². The second-order valence-corrected chi connectivity index (χ2v) is 6.70. The lowest BCUT2D eigenvalue weighted by molar-refractivity contribution is -0.143. The van der Waals surface area contributed by atoms with Crippen molar-refractivity contribution >= 4 is 22.9 Å². The summed E-state index contributed by atoms with van der Waals surface area (Å²) in [6.45, 7) is 6.29. The summed E-state index contributed by atoms with van der Waals surface area (Å²) in [5.74, 6) is 1.15. The number of esters is 1. The standard InChI is InChI=1S/C19H27N5O4/c1-3-28-19(26)11-20-18(25)13-24-8-6-23(7-9-24)12-17-21-15-5-4-14(27-2)10-16(15)22-17/h4-5,10H,3,6-9,11-13H2,1-2H3,(H,20,25)(H,21,22). The number of amides is 1. The number of ether oxygens (including phenoxy) is 2. The number of nitrogens with zero attached hydrogens (tertiary/aromatic N) is 3. The Labute approximate surface area is 164 Å². The molecule has 152 valence electrons. The van der Waals surface area contributed by atoms with Crippen LogP contribution in [0.15, 0.2) is 18.2 Å². The molecule has 0 radical (unpaired) electrons. The number of aromatic amines is 1. The Morgan fingerprint density at radius 2 is 1.96 bits per heavy atom. The van der Waals surface area contributed by atoms with Gasteiger partial charge in [0, 0.05) is 32.2 Å². The molecule has 1 aromatic carbocycles. The van der Waals surface area contributed by atoms with Gasteiger partial charge in [-0.2, -0.15) is 0 Å². The fourth-order valence-corrected chi connectivity index (χ4v) is 3.20. The smallest absolute Gasteiger partial charge is 0.325 e. The molecule has 0 unspecified atom stereocenters. The summed E-state index contributed by atoms with van der Waals surface area (Å²) < 4.78 is 10.0. The first kappa shape index (κ1) is 20.1. The molecule has 1 aliphatic heterocycles. The zero-order valence-corrected chi connectivity index (χ0v) is 16.4. The first-order valence-corrected chi connectivity index (χ1v) is 9.47. The van der Waals surface area contributed by atoms with Crippen LogP contribution in [-0.2, 0) is 20.9 Å². The van der Waals surface area contributed by atoms with Crippen LogP contribution in [0.4, 0.5) is 0 Å². The van der Waals surface area contributed by atoms with Crippen molar-refractivity contribution in [3.05, 3.63) is 24.0 Å². The number of H-pyrrole nitrogens is 1. The molecule has 2 aromatic rings. The molecule has 9 nitrogen and oxygen atoms in total. The molecule has 0 bridgehead atoms. The van der Waals surface area contributed by atoms with E-state index in [9.17, 15) is 9.59 Å². The van der Waals surface area contributed by atoms with Crippen LogP contribution in [-0.4, -0.2) is 84.6 Å². The molecule has 1 amide bonds. The Morgan fingerprint density at radius 3 is 2.68 bits per heavy atom. The molecule has 9 heteroatoms. The van der Waals surface area contributed by atoms with E-state index in [2.05, 4.69) is 25.1 Å². The van der Waals surface area contributed by atoms with Gasteiger partial charge >= 0.3 is 5.97 Å². The van der Waals surface area contributed by atoms with Crippen LogP contribution in [0.1, 0.15) is 12.7 Å². The summed E-state index contributed by atoms with van der Waals surface area (Å²) in [6.07, 6.45) is 0. The predicted molar refractivity (Wildman–Crippen MR) is 104 cm³/mol. The van der Waals surface area contributed by atoms with Gasteiger partial charge in [-0.3, -0.25) is 19.4 Å². The highest BCUT2D eigenvalue weighted by molar-refractivity contribution is 5.83. The summed E-state index contributed by atoms with van der Waals surface area (Å²) >= 11 is 0. The van der Waals surface area contributed by atoms with Gasteiger partial charge < -0.3 is 19.8 Å². The monoisotopic (exact) mass is 389 g/mol. The molecule has 1 fully saturated rings. The van der Waals surface area contributed by atoms with Gasteiger partial charge in [-0.1, -0.05) is 0 Å². The summed E-state index contributed by atoms with van der Waals surface area (Å²) in [5, 5.41) is 2.60. The predicted octanol–water partition coefficient (Wildman–Crippen LogP) is 0.368. The maximum atomic E-state index is 11.9. The lowest BCUT2D eigenvalue weighted by atomic mass is 10.3. The topological polar surface area (TPSA) is 99.8 Å². The van der Waals surface area contributed by atoms with E-state index in [0.717, 1.165) is 55.3 Å². The molecule has 3 rings (SSSR count). The van der Waals surface area contributed by atoms with Gasteiger partial charge in [0.1, 0.15) is 18.1 Å². The number of carbonyl (C=O) groups is 2. The Morgan fingerprint density at radius 1 is 1.21 bits per heavy atom. The lowest BCUT2D eigenvalue weighted by Gasteiger charge is -2.33. The molecule has 0 spiro atoms. The zero-order chi connectivity index (χ0) is 19.9. The van der Waals surface area contributed by atoms with E-state index in [-0.39, 0.29) is 19.0 Å². The number of carbonyl (C=O) groups excluding carboxylic acids is 2. The minimum absolute atomic E-state index is 0.0799. The van der Waals surface area contributed by atoms with Crippen LogP contribution in [0, 0.1) is 0 Å². The normalized spacial score (nSPS) is 15.5. The number of fused-ring (bicyclic) bond motifs is 1. The van der Waals surface area contributed by atoms with Gasteiger partial charge in [0.2, 0.25) is 5.91 Å². The van der Waals surface area contributed by atoms with Crippen molar-refractivity contribution in [3.63, 3.8) is 0 Å². The van der Waals surface area contributed by atoms with Crippen LogP contribution in [0.2, 0.25) is 0 Å². The fourth-order valence-electron chi connectivity index (χ4n) is 3.20. The highest BCUT2D eigenvalue weighted by atomic mass is 16.5. The largest absolute Gasteiger partial charge is 0.497 e. The van der Waals surface area contributed by atoms with Crippen molar-refractivity contribution in [2.45, 2.75) is 13.5 Å². The van der Waals surface area contributed by atoms with Gasteiger partial charge in [0.25, 0.3) is 0 Å². The number of hydrogen-bond acceptors (Lipinski definition) is 7. The SMILES string of the molecule is CCOC(=O)CNC(=O)CN1CCN(Cc2nc3ccc(OC)cc3[nH]2)CC1. The number of benzene rings is 1. The number of rotatable bonds is 8. The van der Waals surface area contributed by atoms with Crippen LogP contribution >= 0.6 is 0 Å². The molecule has 1 aliphatic rings. The van der Waals surface area contributed by atoms with E-state index in [1.54, 1.807) is 14.0 Å². The van der Waals surface area contributed by atoms with Crippen molar-refractivity contribution in [1.29, 1.82) is 0 Å². The van der Waals surface area contributed by atoms with Crippen LogP contribution < -0.4 is 10.1 Å². The molecule has 2 N–H and O–H groups in total. The Hall–Kier alpha value is -2.65. The average Bonchev–Trinajstić information content (AvgIpc) is 3.09. The molecular formula is C19H27N5O4. The van der Waals surface area contributed by atoms with E-state index < -0.39 is 5.97 Å². The van der Waals surface area contributed by atoms with Crippen molar-refractivity contribution in [2.75, 3.05) is 53.0 Å². The number of methoxy groups -OCH3 is 1. The van der Waals surface area contributed by atoms with Crippen molar-refractivity contribution in [1.82, 2.24) is 25.1 Å². The van der Waals surface area contributed by atoms with Crippen LogP contribution in [0.5, 0.6) is 5.75 Å². The first-order valence-electron chi connectivity index (χ1n) is 9.47. The summed E-state index contributed by atoms with van der Waals surface area (Å²) in [5.41, 5.74) is 1.89. The second-order valence-electron chi connectivity index (χ2n) is 6.70. The number of nitrogens with one attached hydrogen (secondary N) is 2. The summed E-state index contributed by atoms with van der Waals surface area (Å²) in [6, 6.07) is 5.79. The summed E-state index contributed by atoms with van der Waals surface area (Å²) in [7, 11) is 1.65. The van der Waals surface area contributed by atoms with Crippen molar-refractivity contribution in [3.8, 4) is 5.75 Å². The fraction of sp³-hybridized carbons (Fsp3) is 0.526. The Kier molecular flexibility index (Phi) is 6.83. The van der Waals surface area contributed by atoms with E-state index in [1.165, 1.54) is 0 Å². The highest BCUT2D eigenvalue weighted by Crippen LogP contribution is 2.19. The Balaban J connectivity index is 1.43. The molecule has 1 saturated heterocycles. The lowest BCUT2D eigenvalue weighted by Crippen LogP contribution is -2.49. The van der Waals surface area contributed by atoms with Gasteiger partial charge in [-0.05, 0) is 19.1 Å². The van der Waals surface area contributed by atoms with E-state index in [0.29, 0.717) is 6.61 Å². The molecular weight excluding hydrogens is 362 g/mol. The first-order chi connectivity index (χ1) is 13.6. The molecule has 0 atom stereocenters. The number of piperazine rings is 1.